The molecule has 0 bridgehead atoms. The van der Waals surface area contributed by atoms with E-state index in [1.54, 1.807) is 42.3 Å². The van der Waals surface area contributed by atoms with Gasteiger partial charge in [-0.1, -0.05) is 0 Å². The van der Waals surface area contributed by atoms with Crippen molar-refractivity contribution in [2.45, 2.75) is 25.7 Å². The van der Waals surface area contributed by atoms with Crippen LogP contribution in [0, 0.1) is 6.92 Å². The predicted octanol–water partition coefficient (Wildman–Crippen LogP) is 3.70. The number of furan rings is 1. The number of benzene rings is 1. The second-order valence-electron chi connectivity index (χ2n) is 8.09. The largest absolute Gasteiger partial charge is 0.450 e. The number of carbonyl (C=O) groups is 1. The van der Waals surface area contributed by atoms with E-state index < -0.39 is 29.5 Å². The van der Waals surface area contributed by atoms with E-state index in [4.69, 9.17) is 13.9 Å². The number of hydrogen-bond donors (Lipinski definition) is 1. The zero-order chi connectivity index (χ0) is 23.9. The Morgan fingerprint density at radius 1 is 1.26 bits per heavy atom. The van der Waals surface area contributed by atoms with Crippen molar-refractivity contribution in [3.05, 3.63) is 59.2 Å². The van der Waals surface area contributed by atoms with Crippen LogP contribution < -0.4 is 5.32 Å². The van der Waals surface area contributed by atoms with Gasteiger partial charge in [-0.3, -0.25) is 14.5 Å². The summed E-state index contributed by atoms with van der Waals surface area (Å²) in [4.78, 5) is 16.7. The van der Waals surface area contributed by atoms with Gasteiger partial charge in [0.25, 0.3) is 5.91 Å². The molecule has 1 N–H and O–H groups in total. The molecule has 1 fully saturated rings. The van der Waals surface area contributed by atoms with E-state index in [1.165, 1.54) is 6.07 Å². The van der Waals surface area contributed by atoms with Crippen molar-refractivity contribution in [1.29, 1.82) is 0 Å². The lowest BCUT2D eigenvalue weighted by Gasteiger charge is -2.22. The second kappa shape index (κ2) is 8.73. The summed E-state index contributed by atoms with van der Waals surface area (Å²) >= 11 is 0. The summed E-state index contributed by atoms with van der Waals surface area (Å²) in [5.41, 5.74) is 0.525. The first-order valence-corrected chi connectivity index (χ1v) is 10.7. The third-order valence-corrected chi connectivity index (χ3v) is 5.67. The van der Waals surface area contributed by atoms with E-state index in [9.17, 15) is 18.0 Å². The first kappa shape index (κ1) is 22.4. The number of carbonyl (C=O) groups excluding carboxylic acids is 1. The van der Waals surface area contributed by atoms with Crippen molar-refractivity contribution in [2.75, 3.05) is 26.4 Å². The van der Waals surface area contributed by atoms with Crippen LogP contribution in [0.2, 0.25) is 0 Å². The Labute approximate surface area is 191 Å². The molecule has 0 radical (unpaired) electrons. The Kier molecular flexibility index (Phi) is 5.74. The van der Waals surface area contributed by atoms with E-state index in [2.05, 4.69) is 15.4 Å². The van der Waals surface area contributed by atoms with Gasteiger partial charge in [0.1, 0.15) is 16.7 Å². The highest BCUT2D eigenvalue weighted by Gasteiger charge is 2.42. The molecular formula is C23H21F3N4O4. The lowest BCUT2D eigenvalue weighted by molar-refractivity contribution is -0.137. The molecule has 0 aliphatic carbocycles. The molecule has 1 aliphatic rings. The van der Waals surface area contributed by atoms with Gasteiger partial charge in [0, 0.05) is 30.5 Å². The van der Waals surface area contributed by atoms with Gasteiger partial charge in [0.05, 0.1) is 37.9 Å². The van der Waals surface area contributed by atoms with Crippen molar-refractivity contribution < 1.29 is 31.9 Å². The maximum absolute atomic E-state index is 14.2. The van der Waals surface area contributed by atoms with Gasteiger partial charge in [0.15, 0.2) is 0 Å². The molecule has 0 saturated carbocycles. The number of aromatic nitrogens is 3. The molecular weight excluding hydrogens is 453 g/mol. The first-order valence-electron chi connectivity index (χ1n) is 10.7. The van der Waals surface area contributed by atoms with Gasteiger partial charge >= 0.3 is 6.18 Å². The van der Waals surface area contributed by atoms with Crippen molar-refractivity contribution in [3.63, 3.8) is 0 Å². The number of ether oxygens (including phenoxy) is 2. The number of amides is 1. The van der Waals surface area contributed by atoms with Crippen LogP contribution in [0.15, 0.2) is 41.2 Å². The molecule has 4 aromatic rings. The SMILES string of the molecule is Cc1cc2oc(C(=O)NC[C@@H]3COCCO3)c(C(F)(F)F)c2c2nn(Cc3ccncc3)cc12. The summed E-state index contributed by atoms with van der Waals surface area (Å²) < 4.78 is 60.4. The van der Waals surface area contributed by atoms with Gasteiger partial charge in [-0.25, -0.2) is 0 Å². The molecule has 11 heteroatoms. The van der Waals surface area contributed by atoms with E-state index >= 15 is 0 Å². The van der Waals surface area contributed by atoms with Crippen LogP contribution in [0.4, 0.5) is 13.2 Å². The molecule has 3 aromatic heterocycles. The number of nitrogens with one attached hydrogen (secondary N) is 1. The molecule has 1 aromatic carbocycles. The minimum absolute atomic E-state index is 0.00216. The van der Waals surface area contributed by atoms with Crippen LogP contribution in [0.25, 0.3) is 21.9 Å². The van der Waals surface area contributed by atoms with Crippen LogP contribution >= 0.6 is 0 Å². The predicted molar refractivity (Wildman–Crippen MR) is 115 cm³/mol. The molecule has 1 atom stereocenters. The first-order chi connectivity index (χ1) is 16.3. The average molecular weight is 474 g/mol. The molecule has 8 nitrogen and oxygen atoms in total. The van der Waals surface area contributed by atoms with Gasteiger partial charge < -0.3 is 19.2 Å². The van der Waals surface area contributed by atoms with E-state index in [0.717, 1.165) is 5.56 Å². The van der Waals surface area contributed by atoms with Crippen LogP contribution in [0.1, 0.15) is 27.2 Å². The number of rotatable bonds is 5. The van der Waals surface area contributed by atoms with Gasteiger partial charge in [-0.05, 0) is 36.2 Å². The number of alkyl halides is 3. The van der Waals surface area contributed by atoms with Crippen LogP contribution in [-0.4, -0.2) is 53.1 Å². The Hall–Kier alpha value is -3.44. The standard InChI is InChI=1S/C23H21F3N4O4/c1-13-8-17-18(20-16(13)11-30(29-20)10-14-2-4-27-5-3-14)19(23(24,25)26)21(34-17)22(31)28-9-15-12-32-6-7-33-15/h2-5,8,11,15H,6-7,9-10,12H2,1H3,(H,28,31)/t15-/m1/s1. The van der Waals surface area contributed by atoms with E-state index in [0.29, 0.717) is 30.7 Å². The lowest BCUT2D eigenvalue weighted by atomic mass is 10.0. The minimum Gasteiger partial charge on any atom is -0.450 e. The number of fused-ring (bicyclic) bond motifs is 3. The number of aryl methyl sites for hydroxylation is 1. The van der Waals surface area contributed by atoms with Crippen molar-refractivity contribution in [1.82, 2.24) is 20.1 Å². The van der Waals surface area contributed by atoms with Crippen molar-refractivity contribution in [2.24, 2.45) is 0 Å². The lowest BCUT2D eigenvalue weighted by Crippen LogP contribution is -2.40. The van der Waals surface area contributed by atoms with Gasteiger partial charge in [-0.15, -0.1) is 0 Å². The minimum atomic E-state index is -4.83. The van der Waals surface area contributed by atoms with E-state index in [1.807, 2.05) is 0 Å². The molecule has 5 rings (SSSR count). The van der Waals surface area contributed by atoms with Crippen LogP contribution in [0.3, 0.4) is 0 Å². The van der Waals surface area contributed by atoms with Crippen LogP contribution in [-0.2, 0) is 22.2 Å². The number of nitrogens with zero attached hydrogens (tertiary/aromatic N) is 3. The smallest absolute Gasteiger partial charge is 0.421 e. The highest BCUT2D eigenvalue weighted by Crippen LogP contribution is 2.42. The highest BCUT2D eigenvalue weighted by molar-refractivity contribution is 6.10. The topological polar surface area (TPSA) is 91.4 Å². The zero-order valence-corrected chi connectivity index (χ0v) is 18.2. The summed E-state index contributed by atoms with van der Waals surface area (Å²) in [6.07, 6.45) is -0.309. The zero-order valence-electron chi connectivity index (χ0n) is 18.2. The molecule has 0 spiro atoms. The summed E-state index contributed by atoms with van der Waals surface area (Å²) in [7, 11) is 0. The fraction of sp³-hybridized carbons (Fsp3) is 0.348. The normalized spacial score (nSPS) is 16.9. The quantitative estimate of drug-likeness (QED) is 0.474. The molecule has 178 valence electrons. The number of pyridine rings is 1. The average Bonchev–Trinajstić information content (AvgIpc) is 3.41. The maximum atomic E-state index is 14.2. The van der Waals surface area contributed by atoms with E-state index in [-0.39, 0.29) is 29.6 Å². The fourth-order valence-corrected chi connectivity index (χ4v) is 4.08. The van der Waals surface area contributed by atoms with Crippen molar-refractivity contribution in [3.8, 4) is 0 Å². The number of hydrogen-bond acceptors (Lipinski definition) is 6. The van der Waals surface area contributed by atoms with Crippen molar-refractivity contribution >= 4 is 27.8 Å². The summed E-state index contributed by atoms with van der Waals surface area (Å²) in [6.45, 7) is 3.17. The molecule has 4 heterocycles. The number of halogens is 3. The third kappa shape index (κ3) is 4.24. The molecule has 1 saturated heterocycles. The third-order valence-electron chi connectivity index (χ3n) is 5.67. The molecule has 34 heavy (non-hydrogen) atoms. The molecule has 1 amide bonds. The highest BCUT2D eigenvalue weighted by atomic mass is 19.4. The Morgan fingerprint density at radius 2 is 2.06 bits per heavy atom. The van der Waals surface area contributed by atoms with Gasteiger partial charge in [0.2, 0.25) is 5.76 Å². The summed E-state index contributed by atoms with van der Waals surface area (Å²) in [5, 5.41) is 7.22. The molecule has 1 aliphatic heterocycles. The maximum Gasteiger partial charge on any atom is 0.421 e. The van der Waals surface area contributed by atoms with Crippen LogP contribution in [0.5, 0.6) is 0 Å². The Bertz CT molecular complexity index is 1340. The second-order valence-corrected chi connectivity index (χ2v) is 8.09. The Morgan fingerprint density at radius 3 is 2.76 bits per heavy atom. The Balaban J connectivity index is 1.57. The van der Waals surface area contributed by atoms with Gasteiger partial charge in [-0.2, -0.15) is 18.3 Å². The summed E-state index contributed by atoms with van der Waals surface area (Å²) in [5.74, 6) is -1.77. The molecule has 0 unspecified atom stereocenters. The summed E-state index contributed by atoms with van der Waals surface area (Å²) in [6, 6.07) is 5.11. The fourth-order valence-electron chi connectivity index (χ4n) is 4.08. The monoisotopic (exact) mass is 474 g/mol.